The van der Waals surface area contributed by atoms with Crippen molar-refractivity contribution < 1.29 is 27.2 Å². The smallest absolute Gasteiger partial charge is 0.537 e. The van der Waals surface area contributed by atoms with Crippen molar-refractivity contribution >= 4 is 205 Å². The van der Waals surface area contributed by atoms with Gasteiger partial charge in [-0.1, -0.05) is 97.1 Å². The average molecular weight is 1560 g/mol. The molecule has 0 aliphatic rings. The lowest BCUT2D eigenvalue weighted by molar-refractivity contribution is 0.454. The third kappa shape index (κ3) is 11.7. The molecular formula is C72H39BBr4F4N9O2S3. The number of halogens is 8. The Kier molecular flexibility index (Phi) is 17.2. The molecule has 461 valence electrons. The minimum atomic E-state index is -0.331. The van der Waals surface area contributed by atoms with Crippen LogP contribution in [-0.2, 0) is 0 Å². The first-order chi connectivity index (χ1) is 46.4. The SMILES string of the molecule is Fc1cc(Br)c2nsnc2c1Br.Fc1cccc(-n2c3ccccc3c3cc(-c4ccc(Br)c5nsnc45)ccc32)c1.Fc1cccc(-n2c3ccccc3c3cc(-c4ccc(Br)c5nsnc45)ccc32)c1.O[B]Oc1ccc2c(c1)c1ccccc1n2-c1cccc(F)c1. The summed E-state index contributed by atoms with van der Waals surface area (Å²) in [6.07, 6.45) is 0. The van der Waals surface area contributed by atoms with Gasteiger partial charge in [-0.25, -0.2) is 17.6 Å². The van der Waals surface area contributed by atoms with Crippen LogP contribution in [0.5, 0.6) is 5.75 Å². The molecule has 18 rings (SSSR count). The summed E-state index contributed by atoms with van der Waals surface area (Å²) < 4.78 is 94.6. The number of para-hydroxylation sites is 3. The third-order valence-corrected chi connectivity index (χ3v) is 20.3. The van der Waals surface area contributed by atoms with Gasteiger partial charge in [0.15, 0.2) is 0 Å². The molecule has 18 aromatic rings. The molecule has 0 bridgehead atoms. The Hall–Kier alpha value is -9.04. The van der Waals surface area contributed by atoms with E-state index in [1.807, 2.05) is 95.6 Å². The topological polar surface area (TPSA) is 122 Å². The highest BCUT2D eigenvalue weighted by Gasteiger charge is 2.20. The lowest BCUT2D eigenvalue weighted by atomic mass is 10.0. The summed E-state index contributed by atoms with van der Waals surface area (Å²) in [5.74, 6) is -0.556. The molecule has 0 saturated heterocycles. The Labute approximate surface area is 583 Å². The fourth-order valence-corrected chi connectivity index (χ4v) is 15.9. The van der Waals surface area contributed by atoms with Gasteiger partial charge < -0.3 is 23.4 Å². The van der Waals surface area contributed by atoms with Gasteiger partial charge in [0.2, 0.25) is 0 Å². The van der Waals surface area contributed by atoms with E-state index in [9.17, 15) is 17.6 Å². The van der Waals surface area contributed by atoms with E-state index in [1.165, 1.54) is 53.8 Å². The monoisotopic (exact) mass is 1560 g/mol. The molecule has 0 spiro atoms. The van der Waals surface area contributed by atoms with Crippen LogP contribution in [0.25, 0.3) is 138 Å². The summed E-state index contributed by atoms with van der Waals surface area (Å²) in [5, 5.41) is 15.3. The maximum absolute atomic E-state index is 14.0. The largest absolute Gasteiger partial charge is 0.569 e. The lowest BCUT2D eigenvalue weighted by Crippen LogP contribution is -1.99. The molecule has 1 radical (unpaired) electrons. The van der Waals surface area contributed by atoms with Crippen LogP contribution in [0.3, 0.4) is 0 Å². The van der Waals surface area contributed by atoms with Gasteiger partial charge in [0.25, 0.3) is 0 Å². The zero-order chi connectivity index (χ0) is 65.0. The Balaban J connectivity index is 0.000000109. The van der Waals surface area contributed by atoms with Crippen LogP contribution in [0.4, 0.5) is 17.6 Å². The van der Waals surface area contributed by atoms with E-state index in [1.54, 1.807) is 36.4 Å². The zero-order valence-electron chi connectivity index (χ0n) is 48.6. The van der Waals surface area contributed by atoms with Gasteiger partial charge in [0.05, 0.1) is 72.8 Å². The second-order valence-corrected chi connectivity index (χ2v) is 26.5. The maximum Gasteiger partial charge on any atom is 0.569 e. The maximum atomic E-state index is 14.0. The molecule has 23 heteroatoms. The third-order valence-electron chi connectivity index (χ3n) is 16.1. The quantitative estimate of drug-likeness (QED) is 0.0951. The fraction of sp³-hybridized carbons (Fsp3) is 0. The first kappa shape index (κ1) is 62.1. The Morgan fingerprint density at radius 2 is 0.705 bits per heavy atom. The van der Waals surface area contributed by atoms with Crippen molar-refractivity contribution in [2.45, 2.75) is 0 Å². The number of aromatic nitrogens is 9. The van der Waals surface area contributed by atoms with Gasteiger partial charge in [0, 0.05) is 73.9 Å². The van der Waals surface area contributed by atoms with Crippen molar-refractivity contribution in [3.05, 3.63) is 272 Å². The normalized spacial score (nSPS) is 11.4. The van der Waals surface area contributed by atoms with Crippen LogP contribution in [0, 0.1) is 23.3 Å². The minimum Gasteiger partial charge on any atom is -0.537 e. The van der Waals surface area contributed by atoms with Crippen molar-refractivity contribution in [3.8, 4) is 45.1 Å². The van der Waals surface area contributed by atoms with Crippen LogP contribution in [0.15, 0.2) is 248 Å². The van der Waals surface area contributed by atoms with Gasteiger partial charge in [-0.05, 0) is 208 Å². The van der Waals surface area contributed by atoms with Crippen LogP contribution in [0.1, 0.15) is 0 Å². The molecular weight excluding hydrogens is 1530 g/mol. The first-order valence-electron chi connectivity index (χ1n) is 29.0. The van der Waals surface area contributed by atoms with Gasteiger partial charge in [-0.2, -0.15) is 26.2 Å². The predicted octanol–water partition coefficient (Wildman–Crippen LogP) is 21.9. The van der Waals surface area contributed by atoms with Crippen molar-refractivity contribution in [1.82, 2.24) is 39.9 Å². The lowest BCUT2D eigenvalue weighted by Gasteiger charge is -2.08. The molecule has 0 atom stereocenters. The van der Waals surface area contributed by atoms with Gasteiger partial charge in [0.1, 0.15) is 62.1 Å². The van der Waals surface area contributed by atoms with Crippen LogP contribution >= 0.6 is 98.9 Å². The second-order valence-electron chi connectivity index (χ2n) is 21.6. The minimum absolute atomic E-state index is 0.247. The molecule has 6 aromatic heterocycles. The summed E-state index contributed by atoms with van der Waals surface area (Å²) in [4.78, 5) is 0. The molecule has 0 unspecified atom stereocenters. The highest BCUT2D eigenvalue weighted by atomic mass is 79.9. The highest BCUT2D eigenvalue weighted by molar-refractivity contribution is 9.11. The number of hydrogen-bond acceptors (Lipinski definition) is 11. The Morgan fingerprint density at radius 1 is 0.337 bits per heavy atom. The van der Waals surface area contributed by atoms with Crippen LogP contribution in [-0.4, -0.2) is 52.7 Å². The predicted molar refractivity (Wildman–Crippen MR) is 392 cm³/mol. The summed E-state index contributed by atoms with van der Waals surface area (Å²) in [7, 11) is 0.660. The van der Waals surface area contributed by atoms with E-state index in [4.69, 9.17) is 9.68 Å². The van der Waals surface area contributed by atoms with E-state index < -0.39 is 0 Å². The fourth-order valence-electron chi connectivity index (χ4n) is 12.0. The van der Waals surface area contributed by atoms with Crippen molar-refractivity contribution in [2.75, 3.05) is 0 Å². The Morgan fingerprint density at radius 3 is 1.13 bits per heavy atom. The summed E-state index contributed by atoms with van der Waals surface area (Å²) >= 11 is 16.9. The number of nitrogens with zero attached hydrogens (tertiary/aromatic N) is 9. The standard InChI is InChI=1S/2C24H13BrFN3S.C18H12BFNO2.C6HBr2FN2S/c2*25-20-10-9-17(23-24(20)28-30-27-23)14-8-11-22-19(12-14)18-6-1-2-7-21(18)29(22)16-5-3-4-15(26)13-16;20-12-4-3-5-13(10-12)21-17-7-2-1-6-15(17)16-11-14(23-19-22)8-9-18(16)21;7-2-1-3(9)4(8)6-5(2)10-12-11-6/h2*1-13H;1-11,22H;1H. The number of rotatable bonds is 7. The van der Waals surface area contributed by atoms with Crippen LogP contribution < -0.4 is 4.65 Å². The number of hydrogen-bond donors (Lipinski definition) is 1. The van der Waals surface area contributed by atoms with E-state index in [0.29, 0.717) is 33.4 Å². The average Bonchev–Trinajstić information content (AvgIpc) is 1.61. The molecule has 1 N–H and O–H groups in total. The molecule has 11 nitrogen and oxygen atoms in total. The van der Waals surface area contributed by atoms with E-state index in [2.05, 4.69) is 172 Å². The molecule has 0 amide bonds. The first-order valence-corrected chi connectivity index (χ1v) is 34.3. The van der Waals surface area contributed by atoms with Gasteiger partial charge >= 0.3 is 7.69 Å². The molecule has 0 saturated carbocycles. The summed E-state index contributed by atoms with van der Waals surface area (Å²) in [6.45, 7) is 0. The zero-order valence-corrected chi connectivity index (χ0v) is 57.4. The highest BCUT2D eigenvalue weighted by Crippen LogP contribution is 2.41. The number of benzene rings is 12. The summed E-state index contributed by atoms with van der Waals surface area (Å²) in [6, 6.07) is 72.2. The molecule has 0 fully saturated rings. The number of fused-ring (bicyclic) bond motifs is 12. The van der Waals surface area contributed by atoms with Crippen molar-refractivity contribution in [1.29, 1.82) is 0 Å². The van der Waals surface area contributed by atoms with Crippen molar-refractivity contribution in [3.63, 3.8) is 0 Å². The molecule has 0 aliphatic heterocycles. The van der Waals surface area contributed by atoms with E-state index in [0.717, 1.165) is 147 Å². The van der Waals surface area contributed by atoms with Gasteiger partial charge in [-0.3, -0.25) is 0 Å². The molecule has 95 heavy (non-hydrogen) atoms. The Bertz CT molecular complexity index is 5780. The van der Waals surface area contributed by atoms with Crippen LogP contribution in [0.2, 0.25) is 0 Å². The van der Waals surface area contributed by atoms with E-state index in [-0.39, 0.29) is 23.3 Å². The summed E-state index contributed by atoms with van der Waals surface area (Å²) in [5.41, 5.74) is 17.5. The van der Waals surface area contributed by atoms with E-state index >= 15 is 0 Å². The second kappa shape index (κ2) is 26.3. The molecule has 0 aliphatic carbocycles. The molecule has 6 heterocycles. The van der Waals surface area contributed by atoms with Gasteiger partial charge in [-0.15, -0.1) is 0 Å². The van der Waals surface area contributed by atoms with Crippen molar-refractivity contribution in [2.24, 2.45) is 0 Å². The molecule has 12 aromatic carbocycles.